The molecule has 0 aliphatic heterocycles. The molecule has 2 heterocycles. The molecule has 0 aromatic carbocycles. The molecule has 6 nitrogen and oxygen atoms in total. The normalized spacial score (nSPS) is 17.5. The van der Waals surface area contributed by atoms with E-state index in [0.717, 1.165) is 41.5 Å². The van der Waals surface area contributed by atoms with E-state index in [4.69, 9.17) is 5.73 Å². The van der Waals surface area contributed by atoms with Crippen LogP contribution in [0.1, 0.15) is 22.8 Å². The number of nitrogens with one attached hydrogen (secondary N) is 2. The van der Waals surface area contributed by atoms with Crippen LogP contribution in [0.3, 0.4) is 0 Å². The minimum absolute atomic E-state index is 0.0401. The summed E-state index contributed by atoms with van der Waals surface area (Å²) in [6.45, 7) is 2.95. The largest absolute Gasteiger partial charge is 0.355 e. The summed E-state index contributed by atoms with van der Waals surface area (Å²) in [7, 11) is 0. The van der Waals surface area contributed by atoms with Gasteiger partial charge in [0.1, 0.15) is 16.5 Å². The highest BCUT2D eigenvalue weighted by Gasteiger charge is 2.27. The lowest BCUT2D eigenvalue weighted by molar-refractivity contribution is -0.125. The van der Waals surface area contributed by atoms with Crippen molar-refractivity contribution in [1.82, 2.24) is 20.3 Å². The highest BCUT2D eigenvalue weighted by molar-refractivity contribution is 7.15. The second-order valence-electron chi connectivity index (χ2n) is 5.28. The van der Waals surface area contributed by atoms with Gasteiger partial charge in [0.15, 0.2) is 0 Å². The molecule has 2 aromatic heterocycles. The van der Waals surface area contributed by atoms with Gasteiger partial charge >= 0.3 is 0 Å². The van der Waals surface area contributed by atoms with Gasteiger partial charge in [-0.3, -0.25) is 4.79 Å². The van der Waals surface area contributed by atoms with Crippen molar-refractivity contribution in [2.24, 2.45) is 11.7 Å². The molecule has 2 aromatic rings. The Labute approximate surface area is 127 Å². The fourth-order valence-corrected chi connectivity index (χ4v) is 3.72. The van der Waals surface area contributed by atoms with Crippen LogP contribution in [-0.2, 0) is 17.6 Å². The molecular formula is C14H19N5OS. The van der Waals surface area contributed by atoms with E-state index in [0.29, 0.717) is 13.1 Å². The van der Waals surface area contributed by atoms with Crippen LogP contribution < -0.4 is 11.1 Å². The van der Waals surface area contributed by atoms with Crippen molar-refractivity contribution in [3.8, 4) is 10.7 Å². The van der Waals surface area contributed by atoms with Crippen molar-refractivity contribution >= 4 is 17.2 Å². The molecule has 1 amide bonds. The molecule has 4 N–H and O–H groups in total. The number of aromatic nitrogens is 3. The van der Waals surface area contributed by atoms with E-state index in [1.807, 2.05) is 13.1 Å². The topological polar surface area (TPSA) is 96.7 Å². The molecule has 1 aliphatic carbocycles. The van der Waals surface area contributed by atoms with Crippen molar-refractivity contribution in [1.29, 1.82) is 0 Å². The summed E-state index contributed by atoms with van der Waals surface area (Å²) >= 11 is 1.65. The highest BCUT2D eigenvalue weighted by atomic mass is 32.1. The fourth-order valence-electron chi connectivity index (χ4n) is 2.58. The lowest BCUT2D eigenvalue weighted by atomic mass is 9.90. The van der Waals surface area contributed by atoms with Gasteiger partial charge in [0.25, 0.3) is 0 Å². The molecular weight excluding hydrogens is 286 g/mol. The van der Waals surface area contributed by atoms with Crippen molar-refractivity contribution in [3.05, 3.63) is 22.6 Å². The van der Waals surface area contributed by atoms with Gasteiger partial charge in [0.05, 0.1) is 5.69 Å². The van der Waals surface area contributed by atoms with Crippen molar-refractivity contribution in [2.75, 3.05) is 13.1 Å². The van der Waals surface area contributed by atoms with Gasteiger partial charge < -0.3 is 16.0 Å². The lowest BCUT2D eigenvalue weighted by Gasteiger charge is -2.20. The zero-order valence-electron chi connectivity index (χ0n) is 12.0. The number of carbonyl (C=O) groups is 1. The standard InChI is InChI=1S/C14H19N5OS/c1-8-17-7-11(18-8)14-19-10-3-2-9(6-12(10)21-14)13(20)16-5-4-15/h7,9H,2-6,15H2,1H3,(H,16,20)(H,17,18). The maximum atomic E-state index is 12.0. The Morgan fingerprint density at radius 1 is 1.57 bits per heavy atom. The number of rotatable bonds is 4. The second kappa shape index (κ2) is 5.95. The number of hydrogen-bond acceptors (Lipinski definition) is 5. The minimum Gasteiger partial charge on any atom is -0.355 e. The fraction of sp³-hybridized carbons (Fsp3) is 0.500. The quantitative estimate of drug-likeness (QED) is 0.785. The van der Waals surface area contributed by atoms with Crippen LogP contribution >= 0.6 is 11.3 Å². The Balaban J connectivity index is 1.74. The molecule has 0 bridgehead atoms. The smallest absolute Gasteiger partial charge is 0.223 e. The third-order valence-corrected chi connectivity index (χ3v) is 4.82. The number of fused-ring (bicyclic) bond motifs is 1. The maximum absolute atomic E-state index is 12.0. The zero-order chi connectivity index (χ0) is 14.8. The summed E-state index contributed by atoms with van der Waals surface area (Å²) in [5.41, 5.74) is 7.43. The number of nitrogens with zero attached hydrogens (tertiary/aromatic N) is 2. The van der Waals surface area contributed by atoms with E-state index < -0.39 is 0 Å². The predicted octanol–water partition coefficient (Wildman–Crippen LogP) is 1.02. The Hall–Kier alpha value is -1.73. The number of hydrogen-bond donors (Lipinski definition) is 3. The average molecular weight is 305 g/mol. The Bertz CT molecular complexity index is 648. The van der Waals surface area contributed by atoms with E-state index >= 15 is 0 Å². The Morgan fingerprint density at radius 2 is 2.43 bits per heavy atom. The van der Waals surface area contributed by atoms with E-state index in [9.17, 15) is 4.79 Å². The van der Waals surface area contributed by atoms with Crippen molar-refractivity contribution < 1.29 is 4.79 Å². The molecule has 7 heteroatoms. The third kappa shape index (κ3) is 2.98. The Morgan fingerprint density at radius 3 is 3.14 bits per heavy atom. The highest BCUT2D eigenvalue weighted by Crippen LogP contribution is 2.34. The first-order valence-electron chi connectivity index (χ1n) is 7.16. The summed E-state index contributed by atoms with van der Waals surface area (Å²) in [5, 5.41) is 3.81. The van der Waals surface area contributed by atoms with Gasteiger partial charge in [-0.2, -0.15) is 0 Å². The molecule has 112 valence electrons. The van der Waals surface area contributed by atoms with Crippen LogP contribution in [0.25, 0.3) is 10.7 Å². The lowest BCUT2D eigenvalue weighted by Crippen LogP contribution is -2.36. The zero-order valence-corrected chi connectivity index (χ0v) is 12.8. The van der Waals surface area contributed by atoms with Crippen molar-refractivity contribution in [3.63, 3.8) is 0 Å². The van der Waals surface area contributed by atoms with Gasteiger partial charge in [0.2, 0.25) is 5.91 Å². The summed E-state index contributed by atoms with van der Waals surface area (Å²) in [6.07, 6.45) is 4.36. The molecule has 21 heavy (non-hydrogen) atoms. The number of thiazole rings is 1. The molecule has 0 saturated heterocycles. The van der Waals surface area contributed by atoms with E-state index in [1.165, 1.54) is 4.88 Å². The summed E-state index contributed by atoms with van der Waals surface area (Å²) < 4.78 is 0. The summed E-state index contributed by atoms with van der Waals surface area (Å²) in [6, 6.07) is 0. The monoisotopic (exact) mass is 305 g/mol. The number of imidazole rings is 1. The minimum atomic E-state index is 0.0401. The van der Waals surface area contributed by atoms with E-state index in [-0.39, 0.29) is 11.8 Å². The number of carbonyl (C=O) groups excluding carboxylic acids is 1. The predicted molar refractivity (Wildman–Crippen MR) is 82.0 cm³/mol. The Kier molecular flexibility index (Phi) is 4.03. The van der Waals surface area contributed by atoms with Gasteiger partial charge in [-0.25, -0.2) is 9.97 Å². The van der Waals surface area contributed by atoms with Crippen LogP contribution in [-0.4, -0.2) is 33.9 Å². The molecule has 1 aliphatic rings. The molecule has 1 atom stereocenters. The van der Waals surface area contributed by atoms with Crippen LogP contribution in [0, 0.1) is 12.8 Å². The van der Waals surface area contributed by atoms with Crippen LogP contribution in [0.4, 0.5) is 0 Å². The number of H-pyrrole nitrogens is 1. The number of aromatic amines is 1. The maximum Gasteiger partial charge on any atom is 0.223 e. The van der Waals surface area contributed by atoms with Crippen LogP contribution in [0.5, 0.6) is 0 Å². The van der Waals surface area contributed by atoms with Gasteiger partial charge in [0, 0.05) is 30.1 Å². The first-order valence-corrected chi connectivity index (χ1v) is 7.97. The molecule has 0 radical (unpaired) electrons. The first kappa shape index (κ1) is 14.2. The third-order valence-electron chi connectivity index (χ3n) is 3.68. The number of nitrogens with two attached hydrogens (primary N) is 1. The first-order chi connectivity index (χ1) is 10.2. The molecule has 0 fully saturated rings. The molecule has 0 spiro atoms. The summed E-state index contributed by atoms with van der Waals surface area (Å²) in [5.74, 6) is 1.03. The van der Waals surface area contributed by atoms with E-state index in [2.05, 4.69) is 20.3 Å². The number of amides is 1. The molecule has 1 unspecified atom stereocenters. The van der Waals surface area contributed by atoms with Crippen molar-refractivity contribution in [2.45, 2.75) is 26.2 Å². The van der Waals surface area contributed by atoms with E-state index in [1.54, 1.807) is 11.3 Å². The average Bonchev–Trinajstić information content (AvgIpc) is 3.09. The number of aryl methyl sites for hydroxylation is 2. The second-order valence-corrected chi connectivity index (χ2v) is 6.36. The molecule has 3 rings (SSSR count). The molecule has 0 saturated carbocycles. The SMILES string of the molecule is Cc1nc(-c2nc3c(s2)CC(C(=O)NCCN)CC3)c[nH]1. The van der Waals surface area contributed by atoms with Crippen LogP contribution in [0.15, 0.2) is 6.20 Å². The van der Waals surface area contributed by atoms with Gasteiger partial charge in [-0.15, -0.1) is 11.3 Å². The van der Waals surface area contributed by atoms with Gasteiger partial charge in [-0.1, -0.05) is 0 Å². The van der Waals surface area contributed by atoms with Crippen LogP contribution in [0.2, 0.25) is 0 Å². The summed E-state index contributed by atoms with van der Waals surface area (Å²) in [4.78, 5) is 25.4. The van der Waals surface area contributed by atoms with Gasteiger partial charge in [-0.05, 0) is 26.2 Å².